The standard InChI is InChI=1S/3C6H6O2.3C6H6O.C4H10.3C2H6/c3*7-5-1-2-6(8)4-3-5;3*7-6-4-2-1-3-5-6;1-4(2)3;3*1-2/h3*1-4,7-8H;3*1-5,7H;4H,1-3H3;3*1-2H3. The van der Waals surface area contributed by atoms with E-state index in [1.54, 1.807) is 72.8 Å². The van der Waals surface area contributed by atoms with E-state index in [1.807, 2.05) is 59.7 Å². The predicted octanol–water partition coefficient (Wildman–Crippen LogP) is 12.2. The van der Waals surface area contributed by atoms with Crippen molar-refractivity contribution in [1.82, 2.24) is 0 Å². The molecular weight excluding hydrogens is 696 g/mol. The highest BCUT2D eigenvalue weighted by molar-refractivity contribution is 5.30. The van der Waals surface area contributed by atoms with Gasteiger partial charge in [0, 0.05) is 0 Å². The summed E-state index contributed by atoms with van der Waals surface area (Å²) in [5.41, 5.74) is 0. The molecule has 0 aliphatic rings. The molecule has 6 rings (SSSR count). The van der Waals surface area contributed by atoms with Crippen LogP contribution in [0.2, 0.25) is 0 Å². The van der Waals surface area contributed by atoms with Crippen LogP contribution in [0.4, 0.5) is 0 Å². The Bertz CT molecular complexity index is 1320. The molecule has 6 aromatic carbocycles. The zero-order valence-corrected chi connectivity index (χ0v) is 33.7. The summed E-state index contributed by atoms with van der Waals surface area (Å²) in [6.07, 6.45) is 0. The van der Waals surface area contributed by atoms with Crippen molar-refractivity contribution >= 4 is 0 Å². The molecule has 0 amide bonds. The first-order valence-corrected chi connectivity index (χ1v) is 17.9. The third-order valence-electron chi connectivity index (χ3n) is 4.82. The van der Waals surface area contributed by atoms with Crippen LogP contribution in [0.3, 0.4) is 0 Å². The van der Waals surface area contributed by atoms with Gasteiger partial charge >= 0.3 is 0 Å². The van der Waals surface area contributed by atoms with Gasteiger partial charge in [-0.25, -0.2) is 0 Å². The second-order valence-corrected chi connectivity index (χ2v) is 10.3. The molecule has 0 unspecified atom stereocenters. The molecule has 0 saturated carbocycles. The topological polar surface area (TPSA) is 182 Å². The molecule has 0 heterocycles. The molecule has 0 saturated heterocycles. The van der Waals surface area contributed by atoms with Crippen LogP contribution in [-0.4, -0.2) is 46.0 Å². The normalized spacial score (nSPS) is 8.18. The summed E-state index contributed by atoms with van der Waals surface area (Å²) in [5, 5.41) is 77.8. The van der Waals surface area contributed by atoms with Crippen LogP contribution >= 0.6 is 0 Å². The Labute approximate surface area is 329 Å². The lowest BCUT2D eigenvalue weighted by Crippen LogP contribution is -1.66. The average Bonchev–Trinajstić information content (AvgIpc) is 3.20. The maximum atomic E-state index is 8.65. The smallest absolute Gasteiger partial charge is 0.115 e. The highest BCUT2D eigenvalue weighted by atomic mass is 16.3. The lowest BCUT2D eigenvalue weighted by molar-refractivity contribution is 0.460. The highest BCUT2D eigenvalue weighted by Gasteiger charge is 1.86. The fourth-order valence-corrected chi connectivity index (χ4v) is 2.64. The molecule has 0 radical (unpaired) electrons. The van der Waals surface area contributed by atoms with E-state index >= 15 is 0 Å². The number of aromatic hydroxyl groups is 9. The summed E-state index contributed by atoms with van der Waals surface area (Å²) in [7, 11) is 0. The summed E-state index contributed by atoms with van der Waals surface area (Å²) in [6.45, 7) is 18.5. The maximum Gasteiger partial charge on any atom is 0.115 e. The number of benzene rings is 6. The Kier molecular flexibility index (Phi) is 40.5. The first kappa shape index (κ1) is 55.3. The van der Waals surface area contributed by atoms with Gasteiger partial charge in [0.15, 0.2) is 0 Å². The Hall–Kier alpha value is -6.48. The third-order valence-corrected chi connectivity index (χ3v) is 4.82. The van der Waals surface area contributed by atoms with Crippen LogP contribution in [0.1, 0.15) is 62.3 Å². The van der Waals surface area contributed by atoms with E-state index in [0.29, 0.717) is 17.2 Å². The van der Waals surface area contributed by atoms with Gasteiger partial charge in [0.05, 0.1) is 0 Å². The SMILES string of the molecule is CC.CC.CC.CC(C)C.Oc1ccc(O)cc1.Oc1ccc(O)cc1.Oc1ccc(O)cc1.Oc1ccccc1.Oc1ccccc1.Oc1ccccc1. The summed E-state index contributed by atoms with van der Waals surface area (Å²) in [4.78, 5) is 0. The van der Waals surface area contributed by atoms with E-state index in [-0.39, 0.29) is 34.5 Å². The van der Waals surface area contributed by atoms with Gasteiger partial charge in [-0.1, -0.05) is 117 Å². The zero-order chi connectivity index (χ0) is 42.9. The van der Waals surface area contributed by atoms with E-state index in [9.17, 15) is 0 Å². The molecule has 0 aliphatic carbocycles. The van der Waals surface area contributed by atoms with Crippen molar-refractivity contribution in [2.45, 2.75) is 62.3 Å². The molecule has 0 spiro atoms. The Balaban J connectivity index is -0.000000271. The molecule has 0 fully saturated rings. The van der Waals surface area contributed by atoms with Gasteiger partial charge in [0.2, 0.25) is 0 Å². The van der Waals surface area contributed by atoms with Gasteiger partial charge < -0.3 is 46.0 Å². The van der Waals surface area contributed by atoms with Crippen molar-refractivity contribution in [2.24, 2.45) is 5.92 Å². The third kappa shape index (κ3) is 43.6. The van der Waals surface area contributed by atoms with E-state index in [2.05, 4.69) is 20.8 Å². The molecule has 0 atom stereocenters. The van der Waals surface area contributed by atoms with E-state index < -0.39 is 0 Å². The van der Waals surface area contributed by atoms with Gasteiger partial charge in [0.1, 0.15) is 51.7 Å². The Morgan fingerprint density at radius 2 is 0.309 bits per heavy atom. The minimum absolute atomic E-state index is 0.169. The second kappa shape index (κ2) is 40.3. The van der Waals surface area contributed by atoms with Crippen molar-refractivity contribution in [3.63, 3.8) is 0 Å². The molecule has 0 aromatic heterocycles. The minimum atomic E-state index is 0.169. The van der Waals surface area contributed by atoms with Crippen LogP contribution in [0.15, 0.2) is 164 Å². The van der Waals surface area contributed by atoms with Gasteiger partial charge in [-0.3, -0.25) is 0 Å². The first-order chi connectivity index (χ1) is 26.3. The molecule has 55 heavy (non-hydrogen) atoms. The lowest BCUT2D eigenvalue weighted by Gasteiger charge is -1.88. The zero-order valence-electron chi connectivity index (χ0n) is 33.7. The molecule has 6 aromatic rings. The van der Waals surface area contributed by atoms with Gasteiger partial charge in [-0.15, -0.1) is 0 Å². The van der Waals surface area contributed by atoms with Crippen LogP contribution < -0.4 is 0 Å². The number of para-hydroxylation sites is 3. The average molecular weight is 761 g/mol. The number of phenolic OH excluding ortho intramolecular Hbond substituents is 9. The summed E-state index contributed by atoms with van der Waals surface area (Å²) in [6, 6.07) is 43.2. The highest BCUT2D eigenvalue weighted by Crippen LogP contribution is 2.14. The van der Waals surface area contributed by atoms with E-state index in [1.165, 1.54) is 72.8 Å². The van der Waals surface area contributed by atoms with Crippen molar-refractivity contribution in [3.8, 4) is 51.7 Å². The number of hydrogen-bond acceptors (Lipinski definition) is 9. The summed E-state index contributed by atoms with van der Waals surface area (Å²) >= 11 is 0. The predicted molar refractivity (Wildman–Crippen MR) is 228 cm³/mol. The number of phenols is 9. The van der Waals surface area contributed by atoms with Crippen molar-refractivity contribution in [1.29, 1.82) is 0 Å². The molecule has 0 bridgehead atoms. The molecule has 9 N–H and O–H groups in total. The fourth-order valence-electron chi connectivity index (χ4n) is 2.64. The molecule has 9 nitrogen and oxygen atoms in total. The van der Waals surface area contributed by atoms with Crippen LogP contribution in [0, 0.1) is 5.92 Å². The Morgan fingerprint density at radius 1 is 0.218 bits per heavy atom. The molecular formula is C46H64O9. The summed E-state index contributed by atoms with van der Waals surface area (Å²) < 4.78 is 0. The lowest BCUT2D eigenvalue weighted by atomic mass is 10.3. The van der Waals surface area contributed by atoms with E-state index in [0.717, 1.165) is 5.92 Å². The quantitative estimate of drug-likeness (QED) is 0.0680. The monoisotopic (exact) mass is 760 g/mol. The van der Waals surface area contributed by atoms with E-state index in [4.69, 9.17) is 46.0 Å². The molecule has 9 heteroatoms. The van der Waals surface area contributed by atoms with Crippen LogP contribution in [0.5, 0.6) is 51.7 Å². The Morgan fingerprint density at radius 3 is 0.382 bits per heavy atom. The largest absolute Gasteiger partial charge is 0.508 e. The molecule has 302 valence electrons. The van der Waals surface area contributed by atoms with Crippen molar-refractivity contribution in [3.05, 3.63) is 164 Å². The van der Waals surface area contributed by atoms with Crippen LogP contribution in [0.25, 0.3) is 0 Å². The van der Waals surface area contributed by atoms with Gasteiger partial charge in [0.25, 0.3) is 0 Å². The van der Waals surface area contributed by atoms with Crippen LogP contribution in [-0.2, 0) is 0 Å². The fraction of sp³-hybridized carbons (Fsp3) is 0.217. The second-order valence-electron chi connectivity index (χ2n) is 10.3. The first-order valence-electron chi connectivity index (χ1n) is 17.9. The van der Waals surface area contributed by atoms with Crippen molar-refractivity contribution in [2.75, 3.05) is 0 Å². The van der Waals surface area contributed by atoms with Gasteiger partial charge in [-0.2, -0.15) is 0 Å². The van der Waals surface area contributed by atoms with Gasteiger partial charge in [-0.05, 0) is 115 Å². The number of rotatable bonds is 0. The van der Waals surface area contributed by atoms with Crippen molar-refractivity contribution < 1.29 is 46.0 Å². The maximum absolute atomic E-state index is 8.65. The minimum Gasteiger partial charge on any atom is -0.508 e. The number of hydrogen-bond donors (Lipinski definition) is 9. The summed E-state index contributed by atoms with van der Waals surface area (Å²) in [5.74, 6) is 2.81. The molecule has 0 aliphatic heterocycles.